The fourth-order valence-corrected chi connectivity index (χ4v) is 2.16. The predicted octanol–water partition coefficient (Wildman–Crippen LogP) is -0.137. The summed E-state index contributed by atoms with van der Waals surface area (Å²) in [6, 6.07) is 0. The minimum atomic E-state index is -0.614. The van der Waals surface area contributed by atoms with Gasteiger partial charge in [0.2, 0.25) is 17.8 Å². The Bertz CT molecular complexity index is 424. The van der Waals surface area contributed by atoms with E-state index < -0.39 is 6.10 Å². The molecule has 8 nitrogen and oxygen atoms in total. The topological polar surface area (TPSA) is 109 Å². The second-order valence-electron chi connectivity index (χ2n) is 4.85. The third kappa shape index (κ3) is 4.17. The number of nitrogens with zero attached hydrogens (tertiary/aromatic N) is 4. The SMILES string of the molecule is COCC(O)CNc1nc(N)nc(N2CCCCC2)n1. The smallest absolute Gasteiger partial charge is 0.231 e. The third-order valence-electron chi connectivity index (χ3n) is 3.13. The summed E-state index contributed by atoms with van der Waals surface area (Å²) in [6.07, 6.45) is 2.91. The second-order valence-corrected chi connectivity index (χ2v) is 4.85. The van der Waals surface area contributed by atoms with Crippen molar-refractivity contribution in [2.75, 3.05) is 49.3 Å². The molecule has 0 bridgehead atoms. The molecule has 1 aliphatic heterocycles. The molecular weight excluding hydrogens is 260 g/mol. The van der Waals surface area contributed by atoms with Crippen LogP contribution in [0.3, 0.4) is 0 Å². The first-order valence-electron chi connectivity index (χ1n) is 6.86. The van der Waals surface area contributed by atoms with Gasteiger partial charge in [-0.05, 0) is 19.3 Å². The second kappa shape index (κ2) is 7.20. The van der Waals surface area contributed by atoms with Crippen LogP contribution in [-0.2, 0) is 4.74 Å². The molecule has 0 amide bonds. The molecule has 8 heteroatoms. The van der Waals surface area contributed by atoms with Crippen LogP contribution in [0.15, 0.2) is 0 Å². The molecule has 1 aromatic rings. The Hall–Kier alpha value is -1.67. The van der Waals surface area contributed by atoms with Crippen molar-refractivity contribution in [3.8, 4) is 0 Å². The maximum Gasteiger partial charge on any atom is 0.231 e. The molecule has 1 unspecified atom stereocenters. The van der Waals surface area contributed by atoms with Crippen LogP contribution in [0, 0.1) is 0 Å². The van der Waals surface area contributed by atoms with Gasteiger partial charge >= 0.3 is 0 Å². The van der Waals surface area contributed by atoms with Gasteiger partial charge in [0, 0.05) is 26.7 Å². The number of nitrogens with one attached hydrogen (secondary N) is 1. The van der Waals surface area contributed by atoms with Crippen LogP contribution in [-0.4, -0.2) is 59.5 Å². The van der Waals surface area contributed by atoms with Crippen LogP contribution >= 0.6 is 0 Å². The molecule has 1 fully saturated rings. The van der Waals surface area contributed by atoms with E-state index in [0.717, 1.165) is 25.9 Å². The number of ether oxygens (including phenoxy) is 1. The lowest BCUT2D eigenvalue weighted by Crippen LogP contribution is -2.32. The first kappa shape index (κ1) is 14.7. The number of piperidine rings is 1. The molecule has 1 aliphatic rings. The van der Waals surface area contributed by atoms with E-state index in [0.29, 0.717) is 18.4 Å². The fraction of sp³-hybridized carbons (Fsp3) is 0.750. The maximum atomic E-state index is 9.60. The van der Waals surface area contributed by atoms with E-state index in [4.69, 9.17) is 10.5 Å². The standard InChI is InChI=1S/C12H22N6O2/c1-20-8-9(19)7-14-11-15-10(13)16-12(17-11)18-5-3-2-4-6-18/h9,19H,2-8H2,1H3,(H3,13,14,15,16,17). The van der Waals surface area contributed by atoms with Crippen LogP contribution < -0.4 is 16.0 Å². The molecule has 112 valence electrons. The first-order chi connectivity index (χ1) is 9.69. The Morgan fingerprint density at radius 3 is 2.75 bits per heavy atom. The maximum absolute atomic E-state index is 9.60. The lowest BCUT2D eigenvalue weighted by atomic mass is 10.1. The Kier molecular flexibility index (Phi) is 5.31. The third-order valence-corrected chi connectivity index (χ3v) is 3.13. The van der Waals surface area contributed by atoms with Crippen molar-refractivity contribution < 1.29 is 9.84 Å². The quantitative estimate of drug-likeness (QED) is 0.661. The molecule has 1 aromatic heterocycles. The van der Waals surface area contributed by atoms with Crippen molar-refractivity contribution in [2.45, 2.75) is 25.4 Å². The van der Waals surface area contributed by atoms with Gasteiger partial charge in [0.05, 0.1) is 12.7 Å². The van der Waals surface area contributed by atoms with Gasteiger partial charge in [-0.15, -0.1) is 0 Å². The van der Waals surface area contributed by atoms with Gasteiger partial charge in [-0.3, -0.25) is 0 Å². The minimum absolute atomic E-state index is 0.185. The van der Waals surface area contributed by atoms with E-state index >= 15 is 0 Å². The number of rotatable bonds is 6. The van der Waals surface area contributed by atoms with Crippen LogP contribution in [0.25, 0.3) is 0 Å². The molecule has 0 aromatic carbocycles. The highest BCUT2D eigenvalue weighted by atomic mass is 16.5. The minimum Gasteiger partial charge on any atom is -0.389 e. The van der Waals surface area contributed by atoms with Gasteiger partial charge in [-0.2, -0.15) is 15.0 Å². The van der Waals surface area contributed by atoms with Gasteiger partial charge < -0.3 is 25.8 Å². The van der Waals surface area contributed by atoms with Crippen molar-refractivity contribution >= 4 is 17.8 Å². The molecule has 0 saturated carbocycles. The molecule has 0 radical (unpaired) electrons. The number of aliphatic hydroxyl groups excluding tert-OH is 1. The van der Waals surface area contributed by atoms with E-state index in [1.807, 2.05) is 0 Å². The monoisotopic (exact) mass is 282 g/mol. The van der Waals surface area contributed by atoms with Crippen LogP contribution in [0.1, 0.15) is 19.3 Å². The number of nitrogen functional groups attached to an aromatic ring is 1. The average molecular weight is 282 g/mol. The van der Waals surface area contributed by atoms with E-state index in [2.05, 4.69) is 25.2 Å². The average Bonchev–Trinajstić information content (AvgIpc) is 2.46. The number of aliphatic hydroxyl groups is 1. The molecular formula is C12H22N6O2. The zero-order chi connectivity index (χ0) is 14.4. The van der Waals surface area contributed by atoms with E-state index in [1.165, 1.54) is 6.42 Å². The number of aromatic nitrogens is 3. The summed E-state index contributed by atoms with van der Waals surface area (Å²) in [5.41, 5.74) is 5.72. The molecule has 20 heavy (non-hydrogen) atoms. The highest BCUT2D eigenvalue weighted by molar-refractivity contribution is 5.42. The highest BCUT2D eigenvalue weighted by Gasteiger charge is 2.15. The van der Waals surface area contributed by atoms with E-state index in [-0.39, 0.29) is 12.6 Å². The molecule has 0 spiro atoms. The lowest BCUT2D eigenvalue weighted by Gasteiger charge is -2.26. The summed E-state index contributed by atoms with van der Waals surface area (Å²) < 4.78 is 4.86. The molecule has 2 heterocycles. The van der Waals surface area contributed by atoms with Crippen molar-refractivity contribution in [1.29, 1.82) is 0 Å². The Balaban J connectivity index is 2.00. The van der Waals surface area contributed by atoms with Gasteiger partial charge in [0.15, 0.2) is 0 Å². The Labute approximate surface area is 118 Å². The summed E-state index contributed by atoms with van der Waals surface area (Å²) >= 11 is 0. The number of nitrogens with two attached hydrogens (primary N) is 1. The largest absolute Gasteiger partial charge is 0.389 e. The van der Waals surface area contributed by atoms with E-state index in [1.54, 1.807) is 7.11 Å². The number of anilines is 3. The van der Waals surface area contributed by atoms with Gasteiger partial charge in [0.25, 0.3) is 0 Å². The van der Waals surface area contributed by atoms with Gasteiger partial charge in [-0.1, -0.05) is 0 Å². The highest BCUT2D eigenvalue weighted by Crippen LogP contribution is 2.17. The summed E-state index contributed by atoms with van der Waals surface area (Å²) in [5, 5.41) is 12.5. The summed E-state index contributed by atoms with van der Waals surface area (Å²) in [7, 11) is 1.54. The number of methoxy groups -OCH3 is 1. The summed E-state index contributed by atoms with van der Waals surface area (Å²) in [4.78, 5) is 14.7. The van der Waals surface area contributed by atoms with Crippen molar-refractivity contribution in [3.05, 3.63) is 0 Å². The summed E-state index contributed by atoms with van der Waals surface area (Å²) in [5.74, 6) is 1.17. The van der Waals surface area contributed by atoms with E-state index in [9.17, 15) is 5.11 Å². The molecule has 1 atom stereocenters. The first-order valence-corrected chi connectivity index (χ1v) is 6.86. The van der Waals surface area contributed by atoms with Crippen LogP contribution in [0.4, 0.5) is 17.8 Å². The van der Waals surface area contributed by atoms with Crippen molar-refractivity contribution in [2.24, 2.45) is 0 Å². The Morgan fingerprint density at radius 1 is 1.30 bits per heavy atom. The normalized spacial score (nSPS) is 17.0. The number of hydrogen-bond acceptors (Lipinski definition) is 8. The fourth-order valence-electron chi connectivity index (χ4n) is 2.16. The Morgan fingerprint density at radius 2 is 2.05 bits per heavy atom. The van der Waals surface area contributed by atoms with Gasteiger partial charge in [0.1, 0.15) is 0 Å². The predicted molar refractivity (Wildman–Crippen MR) is 76.7 cm³/mol. The molecule has 4 N–H and O–H groups in total. The van der Waals surface area contributed by atoms with Crippen LogP contribution in [0.5, 0.6) is 0 Å². The molecule has 0 aliphatic carbocycles. The summed E-state index contributed by atoms with van der Waals surface area (Å²) in [6.45, 7) is 2.44. The molecule has 2 rings (SSSR count). The van der Waals surface area contributed by atoms with Crippen molar-refractivity contribution in [1.82, 2.24) is 15.0 Å². The van der Waals surface area contributed by atoms with Crippen LogP contribution in [0.2, 0.25) is 0 Å². The van der Waals surface area contributed by atoms with Crippen molar-refractivity contribution in [3.63, 3.8) is 0 Å². The molecule has 1 saturated heterocycles. The zero-order valence-corrected chi connectivity index (χ0v) is 11.7. The lowest BCUT2D eigenvalue weighted by molar-refractivity contribution is 0.0726. The zero-order valence-electron chi connectivity index (χ0n) is 11.7. The number of hydrogen-bond donors (Lipinski definition) is 3. The van der Waals surface area contributed by atoms with Gasteiger partial charge in [-0.25, -0.2) is 0 Å².